The van der Waals surface area contributed by atoms with Gasteiger partial charge in [-0.25, -0.2) is 0 Å². The second-order valence-electron chi connectivity index (χ2n) is 4.11. The van der Waals surface area contributed by atoms with Crippen molar-refractivity contribution in [3.8, 4) is 0 Å². The number of carbonyl (C=O) groups excluding carboxylic acids is 2. The van der Waals surface area contributed by atoms with Crippen molar-refractivity contribution in [3.63, 3.8) is 0 Å². The summed E-state index contributed by atoms with van der Waals surface area (Å²) in [6.07, 6.45) is -0.0168. The van der Waals surface area contributed by atoms with Crippen LogP contribution in [0.15, 0.2) is 12.1 Å². The number of hydrogen-bond acceptors (Lipinski definition) is 5. The van der Waals surface area contributed by atoms with Crippen LogP contribution in [0, 0.1) is 10.1 Å². The van der Waals surface area contributed by atoms with E-state index in [0.717, 1.165) is 6.07 Å². The van der Waals surface area contributed by atoms with Gasteiger partial charge in [-0.05, 0) is 13.0 Å². The molecule has 0 aromatic heterocycles. The lowest BCUT2D eigenvalue weighted by atomic mass is 10.1. The minimum Gasteiger partial charge on any atom is -0.379 e. The molecule has 0 saturated heterocycles. The number of carbonyl (C=O) groups is 2. The van der Waals surface area contributed by atoms with Crippen molar-refractivity contribution in [2.24, 2.45) is 5.73 Å². The summed E-state index contributed by atoms with van der Waals surface area (Å²) in [5.74, 6) is -1.12. The first-order valence-corrected chi connectivity index (χ1v) is 6.53. The maximum absolute atomic E-state index is 11.9. The predicted octanol–water partition coefficient (Wildman–Crippen LogP) is 1.29. The number of anilines is 1. The number of rotatable bonds is 7. The molecule has 114 valence electrons. The number of nitro groups is 1. The lowest BCUT2D eigenvalue weighted by molar-refractivity contribution is -0.384. The molecule has 0 radical (unpaired) electrons. The number of nitrogens with zero attached hydrogens (tertiary/aromatic N) is 1. The summed E-state index contributed by atoms with van der Waals surface area (Å²) in [5, 5.41) is 16.3. The number of nitrogens with two attached hydrogens (primary N) is 1. The third-order valence-electron chi connectivity index (χ3n) is 2.54. The molecule has 0 aliphatic carbocycles. The first kappa shape index (κ1) is 16.7. The summed E-state index contributed by atoms with van der Waals surface area (Å²) in [6.45, 7) is 2.27. The Balaban J connectivity index is 3.01. The molecule has 1 aromatic carbocycles. The van der Waals surface area contributed by atoms with Crippen LogP contribution in [0.3, 0.4) is 0 Å². The Morgan fingerprint density at radius 3 is 2.62 bits per heavy atom. The molecular formula is C12H15ClN4O4. The van der Waals surface area contributed by atoms with E-state index in [2.05, 4.69) is 10.6 Å². The topological polar surface area (TPSA) is 127 Å². The molecule has 0 fully saturated rings. The standard InChI is InChI=1S/C12H15ClN4O4/c1-2-15-11-8(13)5-7(6-9(11)17(20)21)12(19)16-4-3-10(14)18/h5-6,15H,2-4H2,1H3,(H2,14,18)(H,16,19). The minimum absolute atomic E-state index is 0.0168. The van der Waals surface area contributed by atoms with Gasteiger partial charge in [0.2, 0.25) is 5.91 Å². The van der Waals surface area contributed by atoms with Crippen molar-refractivity contribution in [1.29, 1.82) is 0 Å². The Hall–Kier alpha value is -2.35. The number of amides is 2. The average molecular weight is 315 g/mol. The van der Waals surface area contributed by atoms with Crippen molar-refractivity contribution >= 4 is 34.8 Å². The number of nitrogens with one attached hydrogen (secondary N) is 2. The van der Waals surface area contributed by atoms with Gasteiger partial charge in [0.25, 0.3) is 11.6 Å². The zero-order valence-corrected chi connectivity index (χ0v) is 12.1. The van der Waals surface area contributed by atoms with E-state index in [-0.39, 0.29) is 34.9 Å². The van der Waals surface area contributed by atoms with Crippen LogP contribution in [-0.2, 0) is 4.79 Å². The summed E-state index contributed by atoms with van der Waals surface area (Å²) >= 11 is 5.96. The lowest BCUT2D eigenvalue weighted by Gasteiger charge is -2.09. The van der Waals surface area contributed by atoms with Gasteiger partial charge >= 0.3 is 0 Å². The van der Waals surface area contributed by atoms with Crippen LogP contribution in [0.5, 0.6) is 0 Å². The number of halogens is 1. The van der Waals surface area contributed by atoms with E-state index < -0.39 is 16.7 Å². The molecule has 8 nitrogen and oxygen atoms in total. The van der Waals surface area contributed by atoms with Crippen LogP contribution < -0.4 is 16.4 Å². The van der Waals surface area contributed by atoms with Gasteiger partial charge in [0.1, 0.15) is 5.69 Å². The van der Waals surface area contributed by atoms with Crippen LogP contribution in [0.4, 0.5) is 11.4 Å². The van der Waals surface area contributed by atoms with Crippen LogP contribution >= 0.6 is 11.6 Å². The first-order chi connectivity index (χ1) is 9.86. The fourth-order valence-corrected chi connectivity index (χ4v) is 1.90. The molecule has 0 unspecified atom stereocenters. The smallest absolute Gasteiger partial charge is 0.294 e. The Morgan fingerprint density at radius 2 is 2.10 bits per heavy atom. The maximum Gasteiger partial charge on any atom is 0.294 e. The summed E-state index contributed by atoms with van der Waals surface area (Å²) in [6, 6.07) is 2.45. The normalized spacial score (nSPS) is 10.0. The van der Waals surface area contributed by atoms with Crippen LogP contribution in [0.25, 0.3) is 0 Å². The van der Waals surface area contributed by atoms with E-state index in [0.29, 0.717) is 6.54 Å². The lowest BCUT2D eigenvalue weighted by Crippen LogP contribution is -2.28. The molecule has 0 bridgehead atoms. The fourth-order valence-electron chi connectivity index (χ4n) is 1.62. The summed E-state index contributed by atoms with van der Waals surface area (Å²) in [5.41, 5.74) is 4.87. The molecule has 9 heteroatoms. The third-order valence-corrected chi connectivity index (χ3v) is 2.84. The van der Waals surface area contributed by atoms with Gasteiger partial charge in [-0.15, -0.1) is 0 Å². The zero-order valence-electron chi connectivity index (χ0n) is 11.3. The maximum atomic E-state index is 11.9. The van der Waals surface area contributed by atoms with E-state index in [1.54, 1.807) is 6.92 Å². The van der Waals surface area contributed by atoms with Crippen molar-refractivity contribution in [3.05, 3.63) is 32.8 Å². The highest BCUT2D eigenvalue weighted by atomic mass is 35.5. The zero-order chi connectivity index (χ0) is 16.0. The molecule has 21 heavy (non-hydrogen) atoms. The van der Waals surface area contributed by atoms with E-state index in [1.165, 1.54) is 6.07 Å². The summed E-state index contributed by atoms with van der Waals surface area (Å²) in [4.78, 5) is 32.9. The molecule has 0 aliphatic rings. The molecular weight excluding hydrogens is 300 g/mol. The Kier molecular flexibility index (Phi) is 5.92. The Bertz CT molecular complexity index is 577. The second kappa shape index (κ2) is 7.44. The molecule has 0 atom stereocenters. The molecule has 0 aliphatic heterocycles. The molecule has 0 spiro atoms. The molecule has 0 saturated carbocycles. The van der Waals surface area contributed by atoms with Gasteiger partial charge in [0.05, 0.1) is 9.95 Å². The summed E-state index contributed by atoms with van der Waals surface area (Å²) < 4.78 is 0. The number of primary amides is 1. The van der Waals surface area contributed by atoms with Crippen molar-refractivity contribution in [2.75, 3.05) is 18.4 Å². The molecule has 1 aromatic rings. The number of hydrogen-bond donors (Lipinski definition) is 3. The third kappa shape index (κ3) is 4.60. The van der Waals surface area contributed by atoms with Crippen molar-refractivity contribution < 1.29 is 14.5 Å². The highest BCUT2D eigenvalue weighted by molar-refractivity contribution is 6.34. The van der Waals surface area contributed by atoms with E-state index >= 15 is 0 Å². The van der Waals surface area contributed by atoms with Crippen molar-refractivity contribution in [2.45, 2.75) is 13.3 Å². The van der Waals surface area contributed by atoms with Gasteiger partial charge < -0.3 is 16.4 Å². The minimum atomic E-state index is -0.621. The van der Waals surface area contributed by atoms with Crippen LogP contribution in [-0.4, -0.2) is 29.8 Å². The molecule has 0 heterocycles. The number of benzene rings is 1. The number of nitro benzene ring substituents is 1. The fraction of sp³-hybridized carbons (Fsp3) is 0.333. The SMILES string of the molecule is CCNc1c(Cl)cc(C(=O)NCCC(N)=O)cc1[N+](=O)[O-]. The van der Waals surface area contributed by atoms with Gasteiger partial charge in [-0.3, -0.25) is 19.7 Å². The molecule has 4 N–H and O–H groups in total. The summed E-state index contributed by atoms with van der Waals surface area (Å²) in [7, 11) is 0. The van der Waals surface area contributed by atoms with E-state index in [9.17, 15) is 19.7 Å². The van der Waals surface area contributed by atoms with Gasteiger partial charge in [-0.2, -0.15) is 0 Å². The van der Waals surface area contributed by atoms with Gasteiger partial charge in [0, 0.05) is 31.1 Å². The quantitative estimate of drug-likeness (QED) is 0.516. The predicted molar refractivity (Wildman–Crippen MR) is 78.4 cm³/mol. The average Bonchev–Trinajstić information content (AvgIpc) is 2.40. The second-order valence-corrected chi connectivity index (χ2v) is 4.52. The monoisotopic (exact) mass is 314 g/mol. The van der Waals surface area contributed by atoms with Gasteiger partial charge in [-0.1, -0.05) is 11.6 Å². The molecule has 1 rings (SSSR count). The molecule has 2 amide bonds. The largest absolute Gasteiger partial charge is 0.379 e. The highest BCUT2D eigenvalue weighted by Crippen LogP contribution is 2.33. The Morgan fingerprint density at radius 1 is 1.43 bits per heavy atom. The van der Waals surface area contributed by atoms with Crippen LogP contribution in [0.1, 0.15) is 23.7 Å². The van der Waals surface area contributed by atoms with Gasteiger partial charge in [0.15, 0.2) is 0 Å². The van der Waals surface area contributed by atoms with Crippen LogP contribution in [0.2, 0.25) is 5.02 Å². The van der Waals surface area contributed by atoms with E-state index in [4.69, 9.17) is 17.3 Å². The van der Waals surface area contributed by atoms with E-state index in [1.807, 2.05) is 0 Å². The first-order valence-electron chi connectivity index (χ1n) is 6.15. The Labute approximate surface area is 125 Å². The highest BCUT2D eigenvalue weighted by Gasteiger charge is 2.21. The van der Waals surface area contributed by atoms with Crippen molar-refractivity contribution in [1.82, 2.24) is 5.32 Å².